The van der Waals surface area contributed by atoms with Crippen LogP contribution in [0.2, 0.25) is 0 Å². The molecule has 0 saturated heterocycles. The van der Waals surface area contributed by atoms with E-state index in [0.717, 1.165) is 24.2 Å². The van der Waals surface area contributed by atoms with Crippen molar-refractivity contribution in [2.45, 2.75) is 51.4 Å². The Morgan fingerprint density at radius 1 is 1.12 bits per heavy atom. The molecule has 4 fully saturated rings. The second-order valence-electron chi connectivity index (χ2n) is 8.76. The SMILES string of the molecule is Nc1nn(-c2ncccn2)cc1C(=O)CCC12CC3CC(CC(C3)C1)C2. The number of anilines is 1. The van der Waals surface area contributed by atoms with Gasteiger partial charge < -0.3 is 5.73 Å². The van der Waals surface area contributed by atoms with Crippen molar-refractivity contribution in [2.75, 3.05) is 5.73 Å². The van der Waals surface area contributed by atoms with Crippen molar-refractivity contribution in [1.82, 2.24) is 19.7 Å². The van der Waals surface area contributed by atoms with Crippen molar-refractivity contribution in [1.29, 1.82) is 0 Å². The Morgan fingerprint density at radius 2 is 1.73 bits per heavy atom. The molecule has 6 heteroatoms. The number of nitrogens with zero attached hydrogens (tertiary/aromatic N) is 4. The summed E-state index contributed by atoms with van der Waals surface area (Å²) in [6.07, 6.45) is 14.8. The van der Waals surface area contributed by atoms with Crippen LogP contribution in [-0.4, -0.2) is 25.5 Å². The van der Waals surface area contributed by atoms with Crippen molar-refractivity contribution >= 4 is 11.6 Å². The number of ketones is 1. The van der Waals surface area contributed by atoms with E-state index >= 15 is 0 Å². The molecule has 0 aliphatic heterocycles. The minimum absolute atomic E-state index is 0.0976. The maximum Gasteiger partial charge on any atom is 0.250 e. The van der Waals surface area contributed by atoms with Gasteiger partial charge in [0.25, 0.3) is 5.95 Å². The van der Waals surface area contributed by atoms with Gasteiger partial charge in [-0.05, 0) is 74.2 Å². The van der Waals surface area contributed by atoms with E-state index in [1.807, 2.05) is 0 Å². The molecule has 136 valence electrons. The molecule has 0 atom stereocenters. The molecular weight excluding hydrogens is 326 g/mol. The number of hydrogen-bond acceptors (Lipinski definition) is 5. The first-order valence-electron chi connectivity index (χ1n) is 9.76. The van der Waals surface area contributed by atoms with Gasteiger partial charge in [0.2, 0.25) is 0 Å². The third kappa shape index (κ3) is 2.72. The smallest absolute Gasteiger partial charge is 0.250 e. The van der Waals surface area contributed by atoms with Crippen LogP contribution in [0.1, 0.15) is 61.7 Å². The first-order chi connectivity index (χ1) is 12.6. The van der Waals surface area contributed by atoms with Gasteiger partial charge in [-0.15, -0.1) is 5.10 Å². The fourth-order valence-electron chi connectivity index (χ4n) is 6.22. The number of nitrogen functional groups attached to an aromatic ring is 1. The first kappa shape index (κ1) is 16.0. The first-order valence-corrected chi connectivity index (χ1v) is 9.76. The van der Waals surface area contributed by atoms with E-state index in [9.17, 15) is 4.79 Å². The quantitative estimate of drug-likeness (QED) is 0.834. The molecule has 0 radical (unpaired) electrons. The summed E-state index contributed by atoms with van der Waals surface area (Å²) in [5.41, 5.74) is 6.92. The highest BCUT2D eigenvalue weighted by molar-refractivity contribution is 5.99. The minimum Gasteiger partial charge on any atom is -0.382 e. The van der Waals surface area contributed by atoms with Gasteiger partial charge in [0.1, 0.15) is 0 Å². The molecular formula is C20H25N5O. The summed E-state index contributed by atoms with van der Waals surface area (Å²) in [7, 11) is 0. The van der Waals surface area contributed by atoms with Crippen LogP contribution >= 0.6 is 0 Å². The van der Waals surface area contributed by atoms with Crippen LogP contribution in [0, 0.1) is 23.2 Å². The van der Waals surface area contributed by atoms with Crippen LogP contribution in [-0.2, 0) is 0 Å². The Kier molecular flexibility index (Phi) is 3.62. The summed E-state index contributed by atoms with van der Waals surface area (Å²) in [4.78, 5) is 21.1. The summed E-state index contributed by atoms with van der Waals surface area (Å²) in [5, 5.41) is 4.23. The molecule has 4 aliphatic carbocycles. The normalized spacial score (nSPS) is 32.1. The van der Waals surface area contributed by atoms with E-state index in [1.54, 1.807) is 24.7 Å². The number of aromatic nitrogens is 4. The summed E-state index contributed by atoms with van der Waals surface area (Å²) in [6.45, 7) is 0. The summed E-state index contributed by atoms with van der Waals surface area (Å²) >= 11 is 0. The third-order valence-electron chi connectivity index (χ3n) is 6.85. The number of carbonyl (C=O) groups excluding carboxylic acids is 1. The Hall–Kier alpha value is -2.24. The maximum absolute atomic E-state index is 12.8. The highest BCUT2D eigenvalue weighted by Crippen LogP contribution is 2.61. The highest BCUT2D eigenvalue weighted by Gasteiger charge is 2.50. The lowest BCUT2D eigenvalue weighted by molar-refractivity contribution is -0.0570. The van der Waals surface area contributed by atoms with Crippen molar-refractivity contribution in [3.63, 3.8) is 0 Å². The lowest BCUT2D eigenvalue weighted by Gasteiger charge is -2.57. The zero-order chi connectivity index (χ0) is 17.7. The van der Waals surface area contributed by atoms with Gasteiger partial charge in [-0.25, -0.2) is 14.6 Å². The molecule has 6 rings (SSSR count). The van der Waals surface area contributed by atoms with Gasteiger partial charge in [-0.3, -0.25) is 4.79 Å². The van der Waals surface area contributed by atoms with Crippen molar-refractivity contribution in [3.05, 3.63) is 30.2 Å². The van der Waals surface area contributed by atoms with E-state index < -0.39 is 0 Å². The molecule has 0 amide bonds. The summed E-state index contributed by atoms with van der Waals surface area (Å²) < 4.78 is 1.49. The van der Waals surface area contributed by atoms with Crippen molar-refractivity contribution < 1.29 is 4.79 Å². The predicted molar refractivity (Wildman–Crippen MR) is 97.7 cm³/mol. The number of nitrogens with two attached hydrogens (primary N) is 1. The van der Waals surface area contributed by atoms with Crippen LogP contribution in [0.4, 0.5) is 5.82 Å². The Balaban J connectivity index is 1.30. The average Bonchev–Trinajstić information content (AvgIpc) is 3.01. The number of rotatable bonds is 5. The van der Waals surface area contributed by atoms with Crippen LogP contribution in [0.3, 0.4) is 0 Å². The molecule has 2 heterocycles. The molecule has 2 aromatic heterocycles. The van der Waals surface area contributed by atoms with E-state index in [2.05, 4.69) is 15.1 Å². The fraction of sp³-hybridized carbons (Fsp3) is 0.600. The summed E-state index contributed by atoms with van der Waals surface area (Å²) in [5.74, 6) is 3.55. The molecule has 4 bridgehead atoms. The number of Topliss-reactive ketones (excluding diaryl/α,β-unsaturated/α-hetero) is 1. The second kappa shape index (κ2) is 5.89. The molecule has 2 aromatic rings. The average molecular weight is 351 g/mol. The maximum atomic E-state index is 12.8. The Morgan fingerprint density at radius 3 is 2.35 bits per heavy atom. The molecule has 2 N–H and O–H groups in total. The molecule has 6 nitrogen and oxygen atoms in total. The third-order valence-corrected chi connectivity index (χ3v) is 6.85. The van der Waals surface area contributed by atoms with E-state index in [-0.39, 0.29) is 11.6 Å². The predicted octanol–water partition coefficient (Wildman–Crippen LogP) is 3.42. The highest BCUT2D eigenvalue weighted by atomic mass is 16.1. The second-order valence-corrected chi connectivity index (χ2v) is 8.76. The van der Waals surface area contributed by atoms with E-state index in [1.165, 1.54) is 43.2 Å². The van der Waals surface area contributed by atoms with Gasteiger partial charge in [0.15, 0.2) is 11.6 Å². The van der Waals surface area contributed by atoms with Crippen LogP contribution in [0.15, 0.2) is 24.7 Å². The molecule has 0 unspecified atom stereocenters. The van der Waals surface area contributed by atoms with E-state index in [0.29, 0.717) is 23.3 Å². The lowest BCUT2D eigenvalue weighted by Crippen LogP contribution is -2.46. The summed E-state index contributed by atoms with van der Waals surface area (Å²) in [6, 6.07) is 1.74. The number of carbonyl (C=O) groups is 1. The van der Waals surface area contributed by atoms with Crippen molar-refractivity contribution in [3.8, 4) is 5.95 Å². The standard InChI is InChI=1S/C20H25N5O/c21-18-16(12-25(24-18)19-22-4-1-5-23-19)17(26)2-3-20-9-13-6-14(10-20)8-15(7-13)11-20/h1,4-5,12-15H,2-3,6-11H2,(H2,21,24). The zero-order valence-electron chi connectivity index (χ0n) is 15.0. The van der Waals surface area contributed by atoms with Gasteiger partial charge in [0, 0.05) is 25.0 Å². The Labute approximate surface area is 153 Å². The molecule has 26 heavy (non-hydrogen) atoms. The molecule has 0 aromatic carbocycles. The van der Waals surface area contributed by atoms with Gasteiger partial charge in [-0.2, -0.15) is 0 Å². The van der Waals surface area contributed by atoms with Crippen molar-refractivity contribution in [2.24, 2.45) is 23.2 Å². The topological polar surface area (TPSA) is 86.7 Å². The largest absolute Gasteiger partial charge is 0.382 e. The molecule has 4 saturated carbocycles. The fourth-order valence-corrected chi connectivity index (χ4v) is 6.22. The molecule has 0 spiro atoms. The van der Waals surface area contributed by atoms with Gasteiger partial charge >= 0.3 is 0 Å². The van der Waals surface area contributed by atoms with Crippen LogP contribution < -0.4 is 5.73 Å². The van der Waals surface area contributed by atoms with E-state index in [4.69, 9.17) is 5.73 Å². The van der Waals surface area contributed by atoms with Gasteiger partial charge in [-0.1, -0.05) is 0 Å². The number of hydrogen-bond donors (Lipinski definition) is 1. The minimum atomic E-state index is 0.0976. The molecule has 4 aliphatic rings. The van der Waals surface area contributed by atoms with Crippen LogP contribution in [0.25, 0.3) is 5.95 Å². The van der Waals surface area contributed by atoms with Gasteiger partial charge in [0.05, 0.1) is 5.56 Å². The van der Waals surface area contributed by atoms with Crippen LogP contribution in [0.5, 0.6) is 0 Å². The zero-order valence-corrected chi connectivity index (χ0v) is 15.0. The lowest BCUT2D eigenvalue weighted by atomic mass is 9.48. The Bertz CT molecular complexity index is 793. The monoisotopic (exact) mass is 351 g/mol.